The van der Waals surface area contributed by atoms with E-state index in [1.807, 2.05) is 19.1 Å². The summed E-state index contributed by atoms with van der Waals surface area (Å²) < 4.78 is 6.65. The Morgan fingerprint density at radius 3 is 2.71 bits per heavy atom. The van der Waals surface area contributed by atoms with Crippen LogP contribution < -0.4 is 10.1 Å². The Morgan fingerprint density at radius 2 is 2.05 bits per heavy atom. The van der Waals surface area contributed by atoms with E-state index in [2.05, 4.69) is 46.1 Å². The molecule has 0 fully saturated rings. The first-order chi connectivity index (χ1) is 9.94. The van der Waals surface area contributed by atoms with Crippen molar-refractivity contribution in [3.63, 3.8) is 0 Å². The van der Waals surface area contributed by atoms with Gasteiger partial charge in [-0.05, 0) is 52.7 Å². The van der Waals surface area contributed by atoms with Gasteiger partial charge in [-0.3, -0.25) is 0 Å². The quantitative estimate of drug-likeness (QED) is 0.796. The molecule has 1 aromatic heterocycles. The molecule has 0 radical (unpaired) electrons. The van der Waals surface area contributed by atoms with Crippen LogP contribution in [0.3, 0.4) is 0 Å². The van der Waals surface area contributed by atoms with E-state index in [1.165, 1.54) is 0 Å². The van der Waals surface area contributed by atoms with Crippen LogP contribution in [-0.2, 0) is 6.54 Å². The zero-order valence-electron chi connectivity index (χ0n) is 12.3. The molecule has 0 aliphatic heterocycles. The molecule has 0 saturated carbocycles. The van der Waals surface area contributed by atoms with E-state index in [4.69, 9.17) is 16.3 Å². The van der Waals surface area contributed by atoms with Gasteiger partial charge >= 0.3 is 0 Å². The zero-order chi connectivity index (χ0) is 15.4. The molecule has 0 aliphatic carbocycles. The standard InChI is InChI=1S/C16H18BrClN2O/c1-10(2)19-9-12-6-11(3)20-16(7-12)21-15-5-4-13(18)8-14(15)17/h4-8,10,19H,9H2,1-3H3. The molecule has 2 aromatic rings. The van der Waals surface area contributed by atoms with Gasteiger partial charge in [0.25, 0.3) is 0 Å². The fourth-order valence-corrected chi connectivity index (χ4v) is 2.62. The number of nitrogens with zero attached hydrogens (tertiary/aromatic N) is 1. The first kappa shape index (κ1) is 16.3. The lowest BCUT2D eigenvalue weighted by atomic mass is 10.2. The van der Waals surface area contributed by atoms with Gasteiger partial charge in [-0.1, -0.05) is 25.4 Å². The minimum atomic E-state index is 0.438. The summed E-state index contributed by atoms with van der Waals surface area (Å²) in [7, 11) is 0. The molecule has 112 valence electrons. The van der Waals surface area contributed by atoms with Crippen molar-refractivity contribution in [3.8, 4) is 11.6 Å². The molecule has 2 rings (SSSR count). The smallest absolute Gasteiger partial charge is 0.219 e. The van der Waals surface area contributed by atoms with Gasteiger partial charge in [0.05, 0.1) is 4.47 Å². The fourth-order valence-electron chi connectivity index (χ4n) is 1.85. The summed E-state index contributed by atoms with van der Waals surface area (Å²) in [5, 5.41) is 4.05. The van der Waals surface area contributed by atoms with Crippen LogP contribution in [0.1, 0.15) is 25.1 Å². The second-order valence-corrected chi connectivity index (χ2v) is 6.46. The van der Waals surface area contributed by atoms with Gasteiger partial charge in [-0.15, -0.1) is 0 Å². The Bertz CT molecular complexity index is 632. The van der Waals surface area contributed by atoms with Gasteiger partial charge in [0.2, 0.25) is 5.88 Å². The summed E-state index contributed by atoms with van der Waals surface area (Å²) in [4.78, 5) is 4.42. The lowest BCUT2D eigenvalue weighted by Gasteiger charge is -2.12. The molecule has 0 atom stereocenters. The van der Waals surface area contributed by atoms with E-state index in [0.717, 1.165) is 22.3 Å². The van der Waals surface area contributed by atoms with Gasteiger partial charge in [-0.25, -0.2) is 4.98 Å². The topological polar surface area (TPSA) is 34.1 Å². The van der Waals surface area contributed by atoms with E-state index in [-0.39, 0.29) is 0 Å². The first-order valence-electron chi connectivity index (χ1n) is 6.78. The minimum absolute atomic E-state index is 0.438. The number of nitrogens with one attached hydrogen (secondary N) is 1. The summed E-state index contributed by atoms with van der Waals surface area (Å²) >= 11 is 9.37. The highest BCUT2D eigenvalue weighted by Crippen LogP contribution is 2.31. The highest BCUT2D eigenvalue weighted by atomic mass is 79.9. The number of benzene rings is 1. The Balaban J connectivity index is 2.19. The van der Waals surface area contributed by atoms with Crippen molar-refractivity contribution >= 4 is 27.5 Å². The van der Waals surface area contributed by atoms with E-state index >= 15 is 0 Å². The lowest BCUT2D eigenvalue weighted by molar-refractivity contribution is 0.457. The second kappa shape index (κ2) is 7.25. The number of hydrogen-bond acceptors (Lipinski definition) is 3. The zero-order valence-corrected chi connectivity index (χ0v) is 14.6. The van der Waals surface area contributed by atoms with Crippen LogP contribution in [0.15, 0.2) is 34.8 Å². The summed E-state index contributed by atoms with van der Waals surface area (Å²) in [6.45, 7) is 6.99. The molecule has 1 aromatic carbocycles. The van der Waals surface area contributed by atoms with Crippen molar-refractivity contribution in [2.45, 2.75) is 33.4 Å². The maximum Gasteiger partial charge on any atom is 0.219 e. The van der Waals surface area contributed by atoms with Crippen molar-refractivity contribution in [2.75, 3.05) is 0 Å². The Kier molecular flexibility index (Phi) is 5.62. The Hall–Kier alpha value is -1.10. The highest BCUT2D eigenvalue weighted by molar-refractivity contribution is 9.10. The summed E-state index contributed by atoms with van der Waals surface area (Å²) in [6, 6.07) is 9.85. The molecular formula is C16H18BrClN2O. The molecule has 0 bridgehead atoms. The molecule has 1 N–H and O–H groups in total. The Labute approximate surface area is 138 Å². The number of halogens is 2. The molecule has 0 amide bonds. The predicted molar refractivity (Wildman–Crippen MR) is 90.2 cm³/mol. The SMILES string of the molecule is Cc1cc(CNC(C)C)cc(Oc2ccc(Cl)cc2Br)n1. The number of aromatic nitrogens is 1. The van der Waals surface area contributed by atoms with E-state index in [1.54, 1.807) is 12.1 Å². The summed E-state index contributed by atoms with van der Waals surface area (Å²) in [5.41, 5.74) is 2.08. The molecule has 0 saturated heterocycles. The van der Waals surface area contributed by atoms with E-state index in [9.17, 15) is 0 Å². The van der Waals surface area contributed by atoms with Crippen LogP contribution in [0.4, 0.5) is 0 Å². The molecule has 5 heteroatoms. The minimum Gasteiger partial charge on any atom is -0.438 e. The fraction of sp³-hybridized carbons (Fsp3) is 0.312. The van der Waals surface area contributed by atoms with Crippen molar-refractivity contribution in [1.82, 2.24) is 10.3 Å². The summed E-state index contributed by atoms with van der Waals surface area (Å²) in [5.74, 6) is 1.28. The molecule has 3 nitrogen and oxygen atoms in total. The van der Waals surface area contributed by atoms with E-state index in [0.29, 0.717) is 22.7 Å². The second-order valence-electron chi connectivity index (χ2n) is 5.17. The van der Waals surface area contributed by atoms with E-state index < -0.39 is 0 Å². The molecule has 0 unspecified atom stereocenters. The summed E-state index contributed by atoms with van der Waals surface area (Å²) in [6.07, 6.45) is 0. The molecule has 21 heavy (non-hydrogen) atoms. The van der Waals surface area contributed by atoms with Crippen LogP contribution in [0, 0.1) is 6.92 Å². The number of rotatable bonds is 5. The van der Waals surface area contributed by atoms with Crippen LogP contribution in [0.2, 0.25) is 5.02 Å². The average molecular weight is 370 g/mol. The maximum atomic E-state index is 5.93. The third kappa shape index (κ3) is 4.99. The lowest BCUT2D eigenvalue weighted by Crippen LogP contribution is -2.21. The predicted octanol–water partition coefficient (Wildman–Crippen LogP) is 5.10. The van der Waals surface area contributed by atoms with Gasteiger partial charge in [0.1, 0.15) is 5.75 Å². The first-order valence-corrected chi connectivity index (χ1v) is 7.95. The third-order valence-corrected chi connectivity index (χ3v) is 3.67. The maximum absolute atomic E-state index is 5.93. The number of pyridine rings is 1. The number of ether oxygens (including phenoxy) is 1. The molecule has 1 heterocycles. The van der Waals surface area contributed by atoms with Crippen LogP contribution >= 0.6 is 27.5 Å². The molecular weight excluding hydrogens is 352 g/mol. The monoisotopic (exact) mass is 368 g/mol. The van der Waals surface area contributed by atoms with Gasteiger partial charge in [-0.2, -0.15) is 0 Å². The normalized spacial score (nSPS) is 11.0. The van der Waals surface area contributed by atoms with Gasteiger partial charge in [0.15, 0.2) is 0 Å². The molecule has 0 aliphatic rings. The average Bonchev–Trinajstić information content (AvgIpc) is 2.39. The van der Waals surface area contributed by atoms with Crippen molar-refractivity contribution in [3.05, 3.63) is 51.1 Å². The third-order valence-electron chi connectivity index (χ3n) is 2.81. The van der Waals surface area contributed by atoms with Crippen molar-refractivity contribution in [1.29, 1.82) is 0 Å². The van der Waals surface area contributed by atoms with Gasteiger partial charge < -0.3 is 10.1 Å². The van der Waals surface area contributed by atoms with Crippen molar-refractivity contribution in [2.24, 2.45) is 0 Å². The highest BCUT2D eigenvalue weighted by Gasteiger charge is 2.07. The Morgan fingerprint density at radius 1 is 1.29 bits per heavy atom. The van der Waals surface area contributed by atoms with Crippen molar-refractivity contribution < 1.29 is 4.74 Å². The molecule has 0 spiro atoms. The number of hydrogen-bond donors (Lipinski definition) is 1. The van der Waals surface area contributed by atoms with Crippen LogP contribution in [0.5, 0.6) is 11.6 Å². The van der Waals surface area contributed by atoms with Crippen LogP contribution in [0.25, 0.3) is 0 Å². The number of aryl methyl sites for hydroxylation is 1. The van der Waals surface area contributed by atoms with Crippen LogP contribution in [-0.4, -0.2) is 11.0 Å². The largest absolute Gasteiger partial charge is 0.438 e. The van der Waals surface area contributed by atoms with Gasteiger partial charge in [0, 0.05) is 29.4 Å².